The number of aryl methyl sites for hydroxylation is 1. The second kappa shape index (κ2) is 6.87. The average Bonchev–Trinajstić information content (AvgIpc) is 2.87. The van der Waals surface area contributed by atoms with Crippen LogP contribution >= 0.6 is 0 Å². The molecule has 1 fully saturated rings. The number of imide groups is 1. The van der Waals surface area contributed by atoms with Crippen molar-refractivity contribution < 1.29 is 9.59 Å². The molecule has 0 saturated carbocycles. The Bertz CT molecular complexity index is 512. The molecule has 2 heterocycles. The summed E-state index contributed by atoms with van der Waals surface area (Å²) < 4.78 is 1.69. The van der Waals surface area contributed by atoms with Crippen LogP contribution in [0.2, 0.25) is 0 Å². The normalized spacial score (nSPS) is 23.0. The highest BCUT2D eigenvalue weighted by molar-refractivity contribution is 6.04. The molecule has 2 rings (SSSR count). The topological polar surface area (TPSA) is 80.4 Å². The van der Waals surface area contributed by atoms with Crippen LogP contribution in [0.4, 0.5) is 0 Å². The Morgan fingerprint density at radius 1 is 1.43 bits per heavy atom. The molecule has 1 aromatic heterocycles. The largest absolute Gasteiger partial charge is 0.347 e. The highest BCUT2D eigenvalue weighted by Crippen LogP contribution is 2.20. The minimum Gasteiger partial charge on any atom is -0.347 e. The number of piperidine rings is 1. The van der Waals surface area contributed by atoms with Gasteiger partial charge in [-0.05, 0) is 44.4 Å². The molecule has 3 N–H and O–H groups in total. The van der Waals surface area contributed by atoms with E-state index in [1.807, 2.05) is 0 Å². The van der Waals surface area contributed by atoms with Crippen molar-refractivity contribution in [2.45, 2.75) is 25.8 Å². The highest BCUT2D eigenvalue weighted by Gasteiger charge is 2.26. The fourth-order valence-corrected chi connectivity index (χ4v) is 2.79. The van der Waals surface area contributed by atoms with Crippen molar-refractivity contribution >= 4 is 11.8 Å². The van der Waals surface area contributed by atoms with Crippen LogP contribution in [0.1, 0.15) is 30.3 Å². The second-order valence-electron chi connectivity index (χ2n) is 5.84. The Hall–Kier alpha value is -1.66. The van der Waals surface area contributed by atoms with Crippen LogP contribution in [0, 0.1) is 5.92 Å². The van der Waals surface area contributed by atoms with Gasteiger partial charge in [0.1, 0.15) is 5.69 Å². The molecular formula is C15H24N4O2. The molecule has 6 heteroatoms. The standard InChI is InChI=1S/C15H24N4O2/c1-11-5-6-12(8-16)9-19(11)10-14(20)17-15(21)13-4-3-7-18(13)2/h3-4,7,11-12H,5-6,8-10,16H2,1-2H3,(H,17,20,21). The number of nitrogens with two attached hydrogens (primary N) is 1. The molecule has 0 bridgehead atoms. The predicted octanol–water partition coefficient (Wildman–Crippen LogP) is 0.341. The molecule has 0 aromatic carbocycles. The molecule has 2 atom stereocenters. The van der Waals surface area contributed by atoms with Crippen LogP contribution in [-0.2, 0) is 11.8 Å². The van der Waals surface area contributed by atoms with E-state index in [1.54, 1.807) is 29.9 Å². The molecule has 2 unspecified atom stereocenters. The number of hydrogen-bond acceptors (Lipinski definition) is 4. The molecule has 6 nitrogen and oxygen atoms in total. The van der Waals surface area contributed by atoms with Gasteiger partial charge in [0, 0.05) is 25.8 Å². The number of carbonyl (C=O) groups is 2. The van der Waals surface area contributed by atoms with Crippen molar-refractivity contribution in [2.75, 3.05) is 19.6 Å². The van der Waals surface area contributed by atoms with Crippen molar-refractivity contribution in [1.29, 1.82) is 0 Å². The minimum absolute atomic E-state index is 0.244. The average molecular weight is 292 g/mol. The van der Waals surface area contributed by atoms with Crippen LogP contribution < -0.4 is 11.1 Å². The smallest absolute Gasteiger partial charge is 0.274 e. The zero-order valence-electron chi connectivity index (χ0n) is 12.7. The van der Waals surface area contributed by atoms with Gasteiger partial charge in [-0.25, -0.2) is 0 Å². The van der Waals surface area contributed by atoms with Crippen LogP contribution in [-0.4, -0.2) is 47.0 Å². The van der Waals surface area contributed by atoms with Crippen molar-refractivity contribution in [3.63, 3.8) is 0 Å². The van der Waals surface area contributed by atoms with Crippen LogP contribution in [0.5, 0.6) is 0 Å². The summed E-state index contributed by atoms with van der Waals surface area (Å²) in [7, 11) is 1.78. The van der Waals surface area contributed by atoms with E-state index >= 15 is 0 Å². The van der Waals surface area contributed by atoms with E-state index in [4.69, 9.17) is 5.73 Å². The van der Waals surface area contributed by atoms with Crippen molar-refractivity contribution in [2.24, 2.45) is 18.7 Å². The highest BCUT2D eigenvalue weighted by atomic mass is 16.2. The lowest BCUT2D eigenvalue weighted by Crippen LogP contribution is -2.49. The maximum Gasteiger partial charge on any atom is 0.274 e. The number of nitrogens with one attached hydrogen (secondary N) is 1. The first kappa shape index (κ1) is 15.7. The van der Waals surface area contributed by atoms with E-state index in [-0.39, 0.29) is 18.4 Å². The van der Waals surface area contributed by atoms with Gasteiger partial charge in [0.15, 0.2) is 0 Å². The van der Waals surface area contributed by atoms with Gasteiger partial charge in [0.05, 0.1) is 6.54 Å². The minimum atomic E-state index is -0.354. The van der Waals surface area contributed by atoms with Gasteiger partial charge in [-0.1, -0.05) is 0 Å². The third kappa shape index (κ3) is 3.92. The number of amides is 2. The fourth-order valence-electron chi connectivity index (χ4n) is 2.79. The molecular weight excluding hydrogens is 268 g/mol. The van der Waals surface area contributed by atoms with E-state index in [0.717, 1.165) is 19.4 Å². The number of hydrogen-bond donors (Lipinski definition) is 2. The first-order chi connectivity index (χ1) is 10.0. The molecule has 116 valence electrons. The number of likely N-dealkylation sites (tertiary alicyclic amines) is 1. The Labute approximate surface area is 125 Å². The maximum atomic E-state index is 12.1. The summed E-state index contributed by atoms with van der Waals surface area (Å²) in [6.45, 7) is 3.82. The van der Waals surface area contributed by atoms with Crippen molar-refractivity contribution in [1.82, 2.24) is 14.8 Å². The summed E-state index contributed by atoms with van der Waals surface area (Å²) >= 11 is 0. The molecule has 1 aliphatic heterocycles. The van der Waals surface area contributed by atoms with Crippen molar-refractivity contribution in [3.05, 3.63) is 24.0 Å². The first-order valence-electron chi connectivity index (χ1n) is 7.41. The Kier molecular flexibility index (Phi) is 5.14. The van der Waals surface area contributed by atoms with Gasteiger partial charge in [-0.2, -0.15) is 0 Å². The molecule has 0 radical (unpaired) electrons. The van der Waals surface area contributed by atoms with E-state index in [9.17, 15) is 9.59 Å². The summed E-state index contributed by atoms with van der Waals surface area (Å²) in [5.41, 5.74) is 6.20. The van der Waals surface area contributed by atoms with Gasteiger partial charge in [-0.3, -0.25) is 19.8 Å². The molecule has 0 spiro atoms. The Morgan fingerprint density at radius 2 is 2.19 bits per heavy atom. The van der Waals surface area contributed by atoms with Gasteiger partial charge in [-0.15, -0.1) is 0 Å². The van der Waals surface area contributed by atoms with Gasteiger partial charge >= 0.3 is 0 Å². The monoisotopic (exact) mass is 292 g/mol. The summed E-state index contributed by atoms with van der Waals surface area (Å²) in [4.78, 5) is 26.1. The lowest BCUT2D eigenvalue weighted by atomic mass is 9.93. The van der Waals surface area contributed by atoms with E-state index < -0.39 is 0 Å². The summed E-state index contributed by atoms with van der Waals surface area (Å²) in [6.07, 6.45) is 3.93. The maximum absolute atomic E-state index is 12.1. The zero-order valence-corrected chi connectivity index (χ0v) is 12.7. The zero-order chi connectivity index (χ0) is 15.4. The predicted molar refractivity (Wildman–Crippen MR) is 80.7 cm³/mol. The molecule has 1 saturated heterocycles. The molecule has 1 aromatic rings. The molecule has 2 amide bonds. The summed E-state index contributed by atoms with van der Waals surface area (Å²) in [5, 5.41) is 2.45. The molecule has 1 aliphatic rings. The van der Waals surface area contributed by atoms with Gasteiger partial charge in [0.2, 0.25) is 5.91 Å². The second-order valence-corrected chi connectivity index (χ2v) is 5.84. The lowest BCUT2D eigenvalue weighted by molar-refractivity contribution is -0.122. The quantitative estimate of drug-likeness (QED) is 0.838. The van der Waals surface area contributed by atoms with Crippen LogP contribution in [0.25, 0.3) is 0 Å². The summed E-state index contributed by atoms with van der Waals surface area (Å²) in [5.74, 6) is -0.171. The number of carbonyl (C=O) groups excluding carboxylic acids is 2. The van der Waals surface area contributed by atoms with Gasteiger partial charge in [0.25, 0.3) is 5.91 Å². The Morgan fingerprint density at radius 3 is 2.81 bits per heavy atom. The van der Waals surface area contributed by atoms with Crippen LogP contribution in [0.3, 0.4) is 0 Å². The number of rotatable bonds is 4. The number of aromatic nitrogens is 1. The third-order valence-corrected chi connectivity index (χ3v) is 4.22. The molecule has 21 heavy (non-hydrogen) atoms. The van der Waals surface area contributed by atoms with E-state index in [2.05, 4.69) is 17.1 Å². The number of nitrogens with zero attached hydrogens (tertiary/aromatic N) is 2. The third-order valence-electron chi connectivity index (χ3n) is 4.22. The van der Waals surface area contributed by atoms with Crippen LogP contribution in [0.15, 0.2) is 18.3 Å². The van der Waals surface area contributed by atoms with Gasteiger partial charge < -0.3 is 10.3 Å². The van der Waals surface area contributed by atoms with E-state index in [0.29, 0.717) is 24.2 Å². The first-order valence-corrected chi connectivity index (χ1v) is 7.41. The van der Waals surface area contributed by atoms with E-state index in [1.165, 1.54) is 0 Å². The lowest BCUT2D eigenvalue weighted by Gasteiger charge is -2.37. The Balaban J connectivity index is 1.89. The molecule has 0 aliphatic carbocycles. The fraction of sp³-hybridized carbons (Fsp3) is 0.600. The van der Waals surface area contributed by atoms with Crippen molar-refractivity contribution in [3.8, 4) is 0 Å². The summed E-state index contributed by atoms with van der Waals surface area (Å²) in [6, 6.07) is 3.82. The SMILES string of the molecule is CC1CCC(CN)CN1CC(=O)NC(=O)c1cccn1C.